The minimum atomic E-state index is -0.0630. The zero-order chi connectivity index (χ0) is 34.8. The summed E-state index contributed by atoms with van der Waals surface area (Å²) in [6, 6.07) is 0. The summed E-state index contributed by atoms with van der Waals surface area (Å²) in [5.41, 5.74) is 8.38. The highest BCUT2D eigenvalue weighted by molar-refractivity contribution is 5.69. The molecule has 0 radical (unpaired) electrons. The Hall–Kier alpha value is -2.02. The number of allylic oxidation sites excluding steroid dienone is 1. The normalized spacial score (nSPS) is 12.9. The molecule has 0 aromatic rings. The third kappa shape index (κ3) is 32.3. The Labute approximate surface area is 291 Å². The lowest BCUT2D eigenvalue weighted by atomic mass is 9.93. The molecule has 0 aliphatic carbocycles. The minimum absolute atomic E-state index is 0.0157. The van der Waals surface area contributed by atoms with Gasteiger partial charge in [-0.25, -0.2) is 0 Å². The van der Waals surface area contributed by atoms with E-state index in [0.717, 1.165) is 57.4 Å². The van der Waals surface area contributed by atoms with Crippen molar-refractivity contribution in [2.75, 3.05) is 33.9 Å². The quantitative estimate of drug-likeness (QED) is 0.0399. The van der Waals surface area contributed by atoms with Crippen LogP contribution in [0.5, 0.6) is 0 Å². The fourth-order valence-electron chi connectivity index (χ4n) is 6.22. The number of nitrogens with zero attached hydrogens (tertiary/aromatic N) is 1. The van der Waals surface area contributed by atoms with Gasteiger partial charge in [-0.05, 0) is 95.2 Å². The molecule has 5 heteroatoms. The van der Waals surface area contributed by atoms with Crippen molar-refractivity contribution in [1.82, 2.24) is 4.90 Å². The molecule has 3 unspecified atom stereocenters. The first kappa shape index (κ1) is 45.0. The van der Waals surface area contributed by atoms with E-state index in [2.05, 4.69) is 63.5 Å². The predicted molar refractivity (Wildman–Crippen MR) is 200 cm³/mol. The topological polar surface area (TPSA) is 55.8 Å². The highest BCUT2D eigenvalue weighted by Gasteiger charge is 2.11. The molecule has 0 bridgehead atoms. The Balaban J connectivity index is 3.94. The lowest BCUT2D eigenvalue weighted by Gasteiger charge is -2.21. The molecular formula is C42H75NO4. The van der Waals surface area contributed by atoms with Gasteiger partial charge in [0.2, 0.25) is 0 Å². The van der Waals surface area contributed by atoms with Crippen LogP contribution in [0.4, 0.5) is 0 Å². The van der Waals surface area contributed by atoms with Crippen LogP contribution in [0.1, 0.15) is 175 Å². The summed E-state index contributed by atoms with van der Waals surface area (Å²) < 4.78 is 11.0. The van der Waals surface area contributed by atoms with E-state index >= 15 is 0 Å². The van der Waals surface area contributed by atoms with Gasteiger partial charge >= 0.3 is 11.9 Å². The first-order valence-electron chi connectivity index (χ1n) is 19.6. The molecule has 272 valence electrons. The largest absolute Gasteiger partial charge is 0.466 e. The number of hydrogen-bond donors (Lipinski definition) is 0. The third-order valence-electron chi connectivity index (χ3n) is 9.19. The molecule has 0 aliphatic rings. The van der Waals surface area contributed by atoms with Gasteiger partial charge < -0.3 is 14.4 Å². The molecule has 0 spiro atoms. The smallest absolute Gasteiger partial charge is 0.305 e. The van der Waals surface area contributed by atoms with Gasteiger partial charge in [-0.2, -0.15) is 0 Å². The minimum Gasteiger partial charge on any atom is -0.466 e. The van der Waals surface area contributed by atoms with Crippen LogP contribution >= 0.6 is 0 Å². The average molecular weight is 658 g/mol. The summed E-state index contributed by atoms with van der Waals surface area (Å²) in [5, 5.41) is 0. The molecule has 0 fully saturated rings. The van der Waals surface area contributed by atoms with Crippen molar-refractivity contribution in [2.45, 2.75) is 175 Å². The lowest BCUT2D eigenvalue weighted by Crippen LogP contribution is -2.21. The first-order chi connectivity index (χ1) is 22.8. The Kier molecular flexibility index (Phi) is 32.4. The number of carbonyl (C=O) groups is 2. The van der Waals surface area contributed by atoms with Gasteiger partial charge in [0, 0.05) is 19.4 Å². The maximum absolute atomic E-state index is 12.2. The monoisotopic (exact) mass is 658 g/mol. The second kappa shape index (κ2) is 33.9. The van der Waals surface area contributed by atoms with Crippen molar-refractivity contribution in [3.8, 4) is 0 Å². The third-order valence-corrected chi connectivity index (χ3v) is 9.19. The molecule has 0 rings (SSSR count). The summed E-state index contributed by atoms with van der Waals surface area (Å²) in [7, 11) is 4.36. The molecule has 0 amide bonds. The lowest BCUT2D eigenvalue weighted by molar-refractivity contribution is -0.145. The van der Waals surface area contributed by atoms with Crippen molar-refractivity contribution in [1.29, 1.82) is 0 Å². The maximum atomic E-state index is 12.2. The van der Waals surface area contributed by atoms with Crippen LogP contribution in [-0.2, 0) is 19.1 Å². The van der Waals surface area contributed by atoms with Crippen LogP contribution < -0.4 is 0 Å². The summed E-state index contributed by atoms with van der Waals surface area (Å²) in [5.74, 6) is 1.68. The zero-order valence-electron chi connectivity index (χ0n) is 31.7. The SMILES string of the molecule is C=C=C=C=CC(CCCCC)CCOC(=O)CCCCCCCC(CCCCCCCC(=O)OCCC(C)CCCCC)CN(C)C. The molecule has 0 saturated heterocycles. The maximum Gasteiger partial charge on any atom is 0.305 e. The molecule has 47 heavy (non-hydrogen) atoms. The second-order valence-corrected chi connectivity index (χ2v) is 14.2. The van der Waals surface area contributed by atoms with E-state index in [0.29, 0.717) is 37.9 Å². The highest BCUT2D eigenvalue weighted by Crippen LogP contribution is 2.21. The van der Waals surface area contributed by atoms with Crippen LogP contribution in [0.3, 0.4) is 0 Å². The fourth-order valence-corrected chi connectivity index (χ4v) is 6.22. The van der Waals surface area contributed by atoms with Gasteiger partial charge in [0.1, 0.15) is 0 Å². The number of rotatable bonds is 33. The predicted octanol–water partition coefficient (Wildman–Crippen LogP) is 11.6. The van der Waals surface area contributed by atoms with E-state index in [9.17, 15) is 9.59 Å². The first-order valence-corrected chi connectivity index (χ1v) is 19.6. The zero-order valence-corrected chi connectivity index (χ0v) is 31.7. The van der Waals surface area contributed by atoms with Crippen LogP contribution in [-0.4, -0.2) is 50.7 Å². The van der Waals surface area contributed by atoms with Crippen molar-refractivity contribution < 1.29 is 19.1 Å². The van der Waals surface area contributed by atoms with Gasteiger partial charge in [0.05, 0.1) is 13.2 Å². The summed E-state index contributed by atoms with van der Waals surface area (Å²) in [6.45, 7) is 12.5. The van der Waals surface area contributed by atoms with Crippen molar-refractivity contribution in [3.63, 3.8) is 0 Å². The molecule has 0 heterocycles. The second-order valence-electron chi connectivity index (χ2n) is 14.2. The molecule has 0 aromatic heterocycles. The number of ether oxygens (including phenoxy) is 2. The van der Waals surface area contributed by atoms with E-state index in [1.807, 2.05) is 6.08 Å². The molecule has 0 aromatic carbocycles. The molecule has 0 aliphatic heterocycles. The Morgan fingerprint density at radius 2 is 1.15 bits per heavy atom. The van der Waals surface area contributed by atoms with E-state index in [1.54, 1.807) is 0 Å². The van der Waals surface area contributed by atoms with E-state index in [-0.39, 0.29) is 11.9 Å². The molecular weight excluding hydrogens is 582 g/mol. The standard InChI is InChI=1S/C42H75NO4/c1-7-10-19-26-38(4)33-35-46-41(44)31-24-17-13-15-22-29-40(37-43(5)6)30-23-16-14-18-25-32-42(45)47-36-34-39(27-20-11-8-2)28-21-12-9-3/h27,38-40H,2,7,9-10,12-19,21-26,28-37H2,1,3-6H3. The van der Waals surface area contributed by atoms with Crippen molar-refractivity contribution >= 4 is 11.9 Å². The highest BCUT2D eigenvalue weighted by atomic mass is 16.5. The van der Waals surface area contributed by atoms with E-state index in [4.69, 9.17) is 9.47 Å². The number of esters is 2. The molecule has 3 atom stereocenters. The Bertz CT molecular complexity index is 864. The van der Waals surface area contributed by atoms with Gasteiger partial charge in [0.25, 0.3) is 0 Å². The summed E-state index contributed by atoms with van der Waals surface area (Å²) in [4.78, 5) is 26.6. The average Bonchev–Trinajstić information content (AvgIpc) is 3.03. The Morgan fingerprint density at radius 1 is 0.660 bits per heavy atom. The number of hydrogen-bond acceptors (Lipinski definition) is 5. The van der Waals surface area contributed by atoms with Gasteiger partial charge in [0.15, 0.2) is 0 Å². The van der Waals surface area contributed by atoms with Gasteiger partial charge in [-0.3, -0.25) is 9.59 Å². The summed E-state index contributed by atoms with van der Waals surface area (Å²) >= 11 is 0. The van der Waals surface area contributed by atoms with Crippen LogP contribution in [0.15, 0.2) is 29.8 Å². The molecule has 0 N–H and O–H groups in total. The molecule has 0 saturated carbocycles. The van der Waals surface area contributed by atoms with Gasteiger partial charge in [-0.1, -0.05) is 129 Å². The van der Waals surface area contributed by atoms with E-state index < -0.39 is 0 Å². The number of carbonyl (C=O) groups excluding carboxylic acids is 2. The van der Waals surface area contributed by atoms with Crippen LogP contribution in [0, 0.1) is 17.8 Å². The molecule has 5 nitrogen and oxygen atoms in total. The number of unbranched alkanes of at least 4 members (excludes halogenated alkanes) is 12. The van der Waals surface area contributed by atoms with Crippen LogP contribution in [0.25, 0.3) is 0 Å². The summed E-state index contributed by atoms with van der Waals surface area (Å²) in [6.07, 6.45) is 28.8. The Morgan fingerprint density at radius 3 is 1.68 bits per heavy atom. The van der Waals surface area contributed by atoms with E-state index in [1.165, 1.54) is 96.3 Å². The fraction of sp³-hybridized carbons (Fsp3) is 0.833. The van der Waals surface area contributed by atoms with Crippen LogP contribution in [0.2, 0.25) is 0 Å². The van der Waals surface area contributed by atoms with Crippen molar-refractivity contribution in [3.05, 3.63) is 29.8 Å². The van der Waals surface area contributed by atoms with Crippen molar-refractivity contribution in [2.24, 2.45) is 17.8 Å². The van der Waals surface area contributed by atoms with Gasteiger partial charge in [-0.15, -0.1) is 0 Å².